The molecule has 0 amide bonds. The zero-order valence-corrected chi connectivity index (χ0v) is 10.6. The highest BCUT2D eigenvalue weighted by Gasteiger charge is 2.41. The van der Waals surface area contributed by atoms with E-state index in [9.17, 15) is 0 Å². The van der Waals surface area contributed by atoms with Crippen molar-refractivity contribution in [2.75, 3.05) is 0 Å². The van der Waals surface area contributed by atoms with Gasteiger partial charge in [-0.2, -0.15) is 0 Å². The van der Waals surface area contributed by atoms with Gasteiger partial charge in [0.1, 0.15) is 5.01 Å². The van der Waals surface area contributed by atoms with Gasteiger partial charge in [-0.25, -0.2) is 4.98 Å². The Balaban J connectivity index is 2.32. The molecule has 2 rings (SSSR count). The van der Waals surface area contributed by atoms with Crippen LogP contribution in [0.2, 0.25) is 0 Å². The maximum Gasteiger partial charge on any atom is 0.113 e. The number of nitrogens with two attached hydrogens (primary N) is 1. The zero-order chi connectivity index (χ0) is 11.1. The summed E-state index contributed by atoms with van der Waals surface area (Å²) < 4.78 is 0. The summed E-state index contributed by atoms with van der Waals surface area (Å²) in [5.41, 5.74) is 7.51. The van der Waals surface area contributed by atoms with Crippen molar-refractivity contribution in [1.82, 2.24) is 4.98 Å². The van der Waals surface area contributed by atoms with E-state index in [0.29, 0.717) is 11.8 Å². The summed E-state index contributed by atoms with van der Waals surface area (Å²) in [6.45, 7) is 6.63. The van der Waals surface area contributed by atoms with Crippen LogP contribution in [0.5, 0.6) is 0 Å². The minimum Gasteiger partial charge on any atom is -0.319 e. The molecule has 3 unspecified atom stereocenters. The van der Waals surface area contributed by atoms with E-state index in [0.717, 1.165) is 17.1 Å². The summed E-state index contributed by atoms with van der Waals surface area (Å²) in [6, 6.07) is 0. The molecule has 15 heavy (non-hydrogen) atoms. The van der Waals surface area contributed by atoms with Gasteiger partial charge in [-0.15, -0.1) is 11.3 Å². The molecule has 1 aliphatic rings. The van der Waals surface area contributed by atoms with E-state index in [1.54, 1.807) is 11.3 Å². The molecule has 1 heterocycles. The van der Waals surface area contributed by atoms with Crippen LogP contribution < -0.4 is 5.73 Å². The smallest absolute Gasteiger partial charge is 0.113 e. The third kappa shape index (κ3) is 1.83. The minimum atomic E-state index is -0.170. The lowest BCUT2D eigenvalue weighted by Crippen LogP contribution is -2.48. The molecule has 2 N–H and O–H groups in total. The van der Waals surface area contributed by atoms with Gasteiger partial charge in [-0.3, -0.25) is 0 Å². The standard InChI is InChI=1S/C12H20N2S/c1-8-5-4-6-12(13,10(8)3)11-14-9(2)7-15-11/h7-8,10H,4-6,13H2,1-3H3. The summed E-state index contributed by atoms with van der Waals surface area (Å²) in [5.74, 6) is 1.25. The Bertz CT molecular complexity index is 347. The predicted molar refractivity (Wildman–Crippen MR) is 64.9 cm³/mol. The van der Waals surface area contributed by atoms with Crippen LogP contribution in [0.25, 0.3) is 0 Å². The van der Waals surface area contributed by atoms with Crippen LogP contribution in [0.15, 0.2) is 5.38 Å². The number of hydrogen-bond donors (Lipinski definition) is 1. The van der Waals surface area contributed by atoms with Crippen molar-refractivity contribution in [3.63, 3.8) is 0 Å². The molecule has 0 radical (unpaired) electrons. The molecular weight excluding hydrogens is 204 g/mol. The average Bonchev–Trinajstić information content (AvgIpc) is 2.62. The molecule has 0 bridgehead atoms. The maximum atomic E-state index is 6.58. The highest BCUT2D eigenvalue weighted by molar-refractivity contribution is 7.09. The quantitative estimate of drug-likeness (QED) is 0.796. The van der Waals surface area contributed by atoms with Crippen molar-refractivity contribution in [3.8, 4) is 0 Å². The fraction of sp³-hybridized carbons (Fsp3) is 0.750. The third-order valence-corrected chi connectivity index (χ3v) is 5.09. The molecule has 84 valence electrons. The van der Waals surface area contributed by atoms with Gasteiger partial charge in [0.25, 0.3) is 0 Å². The summed E-state index contributed by atoms with van der Waals surface area (Å²) >= 11 is 1.72. The molecule has 2 nitrogen and oxygen atoms in total. The lowest BCUT2D eigenvalue weighted by Gasteiger charge is -2.41. The number of aromatic nitrogens is 1. The Morgan fingerprint density at radius 3 is 2.87 bits per heavy atom. The first kappa shape index (κ1) is 11.1. The van der Waals surface area contributed by atoms with Gasteiger partial charge in [0.2, 0.25) is 0 Å². The SMILES string of the molecule is Cc1csc(C2(N)CCCC(C)C2C)n1. The molecule has 3 heteroatoms. The molecule has 0 aliphatic heterocycles. The first-order chi connectivity index (χ1) is 7.04. The summed E-state index contributed by atoms with van der Waals surface area (Å²) in [6.07, 6.45) is 3.64. The molecule has 1 fully saturated rings. The first-order valence-corrected chi connectivity index (χ1v) is 6.63. The molecule has 1 aliphatic carbocycles. The van der Waals surface area contributed by atoms with Crippen LogP contribution in [-0.4, -0.2) is 4.98 Å². The van der Waals surface area contributed by atoms with Crippen molar-refractivity contribution in [2.45, 2.75) is 45.6 Å². The summed E-state index contributed by atoms with van der Waals surface area (Å²) in [7, 11) is 0. The van der Waals surface area contributed by atoms with Gasteiger partial charge in [0.15, 0.2) is 0 Å². The van der Waals surface area contributed by atoms with Gasteiger partial charge >= 0.3 is 0 Å². The Morgan fingerprint density at radius 1 is 1.53 bits per heavy atom. The maximum absolute atomic E-state index is 6.58. The van der Waals surface area contributed by atoms with Crippen LogP contribution in [0, 0.1) is 18.8 Å². The van der Waals surface area contributed by atoms with Gasteiger partial charge in [-0.05, 0) is 25.2 Å². The number of nitrogens with zero attached hydrogens (tertiary/aromatic N) is 1. The summed E-state index contributed by atoms with van der Waals surface area (Å²) in [5, 5.41) is 3.25. The number of thiazole rings is 1. The second kappa shape index (κ2) is 3.87. The van der Waals surface area contributed by atoms with Crippen molar-refractivity contribution >= 4 is 11.3 Å². The van der Waals surface area contributed by atoms with E-state index in [4.69, 9.17) is 5.73 Å². The van der Waals surface area contributed by atoms with E-state index in [-0.39, 0.29) is 5.54 Å². The monoisotopic (exact) mass is 224 g/mol. The lowest BCUT2D eigenvalue weighted by atomic mass is 9.69. The van der Waals surface area contributed by atoms with E-state index >= 15 is 0 Å². The summed E-state index contributed by atoms with van der Waals surface area (Å²) in [4.78, 5) is 4.58. The third-order valence-electron chi connectivity index (χ3n) is 3.93. The molecule has 1 aromatic heterocycles. The Hall–Kier alpha value is -0.410. The van der Waals surface area contributed by atoms with Gasteiger partial charge in [0.05, 0.1) is 5.54 Å². The van der Waals surface area contributed by atoms with E-state index < -0.39 is 0 Å². The topological polar surface area (TPSA) is 38.9 Å². The Labute approximate surface area is 95.9 Å². The first-order valence-electron chi connectivity index (χ1n) is 5.75. The van der Waals surface area contributed by atoms with Crippen molar-refractivity contribution in [1.29, 1.82) is 0 Å². The fourth-order valence-electron chi connectivity index (χ4n) is 2.57. The second-order valence-corrected chi connectivity index (χ2v) is 5.85. The van der Waals surface area contributed by atoms with Crippen molar-refractivity contribution < 1.29 is 0 Å². The number of aryl methyl sites for hydroxylation is 1. The Kier molecular flexibility index (Phi) is 2.86. The van der Waals surface area contributed by atoms with Crippen LogP contribution in [0.1, 0.15) is 43.8 Å². The molecule has 1 saturated carbocycles. The van der Waals surface area contributed by atoms with Crippen LogP contribution >= 0.6 is 11.3 Å². The predicted octanol–water partition coefficient (Wildman–Crippen LogP) is 3.06. The molecular formula is C12H20N2S. The van der Waals surface area contributed by atoms with E-state index in [1.807, 2.05) is 6.92 Å². The van der Waals surface area contributed by atoms with Gasteiger partial charge in [0, 0.05) is 11.1 Å². The fourth-order valence-corrected chi connectivity index (χ4v) is 3.61. The largest absolute Gasteiger partial charge is 0.319 e. The lowest BCUT2D eigenvalue weighted by molar-refractivity contribution is 0.143. The number of rotatable bonds is 1. The molecule has 3 atom stereocenters. The Morgan fingerprint density at radius 2 is 2.27 bits per heavy atom. The van der Waals surface area contributed by atoms with Crippen molar-refractivity contribution in [2.24, 2.45) is 17.6 Å². The van der Waals surface area contributed by atoms with Crippen molar-refractivity contribution in [3.05, 3.63) is 16.1 Å². The highest BCUT2D eigenvalue weighted by atomic mass is 32.1. The average molecular weight is 224 g/mol. The minimum absolute atomic E-state index is 0.170. The van der Waals surface area contributed by atoms with Crippen LogP contribution in [-0.2, 0) is 5.54 Å². The molecule has 1 aromatic rings. The molecule has 0 aromatic carbocycles. The second-order valence-electron chi connectivity index (χ2n) is 4.99. The highest BCUT2D eigenvalue weighted by Crippen LogP contribution is 2.43. The van der Waals surface area contributed by atoms with Gasteiger partial charge in [-0.1, -0.05) is 26.7 Å². The van der Waals surface area contributed by atoms with Crippen LogP contribution in [0.4, 0.5) is 0 Å². The van der Waals surface area contributed by atoms with E-state index in [1.165, 1.54) is 12.8 Å². The molecule has 0 spiro atoms. The zero-order valence-electron chi connectivity index (χ0n) is 9.79. The normalized spacial score (nSPS) is 36.8. The number of hydrogen-bond acceptors (Lipinski definition) is 3. The molecule has 0 saturated heterocycles. The van der Waals surface area contributed by atoms with E-state index in [2.05, 4.69) is 24.2 Å². The van der Waals surface area contributed by atoms with Gasteiger partial charge < -0.3 is 5.73 Å². The van der Waals surface area contributed by atoms with Crippen LogP contribution in [0.3, 0.4) is 0 Å².